The van der Waals surface area contributed by atoms with Crippen molar-refractivity contribution in [1.29, 1.82) is 0 Å². The Morgan fingerprint density at radius 2 is 1.76 bits per heavy atom. The van der Waals surface area contributed by atoms with E-state index >= 15 is 0 Å². The van der Waals surface area contributed by atoms with Crippen LogP contribution in [0.2, 0.25) is 5.02 Å². The third-order valence-corrected chi connectivity index (χ3v) is 8.49. The standard InChI is InChI=1S/C17H17ClN2O7S2/c18-13-6-1-10(17(22)23)7-16(13)29(26,27)20(12-4-2-11(19)3-5-12)14-8-28(24,25)9-15(14)21/h1-7,14-15,21H,8-9,19H2,(H,22,23)/t14-,15-/m0/s1. The van der Waals surface area contributed by atoms with E-state index in [0.29, 0.717) is 5.69 Å². The lowest BCUT2D eigenvalue weighted by Crippen LogP contribution is -2.47. The van der Waals surface area contributed by atoms with Crippen molar-refractivity contribution in [3.63, 3.8) is 0 Å². The average Bonchev–Trinajstić information content (AvgIpc) is 2.88. The summed E-state index contributed by atoms with van der Waals surface area (Å²) in [6.07, 6.45) is -1.48. The number of sulfone groups is 1. The van der Waals surface area contributed by atoms with Crippen LogP contribution in [0.15, 0.2) is 47.4 Å². The summed E-state index contributed by atoms with van der Waals surface area (Å²) in [5, 5.41) is 19.2. The number of hydrogen-bond acceptors (Lipinski definition) is 7. The van der Waals surface area contributed by atoms with Crippen LogP contribution in [-0.4, -0.2) is 56.7 Å². The Kier molecular flexibility index (Phi) is 5.52. The molecule has 2 aromatic rings. The molecule has 0 amide bonds. The first kappa shape index (κ1) is 21.4. The molecule has 1 aliphatic rings. The first-order valence-electron chi connectivity index (χ1n) is 8.24. The Labute approximate surface area is 172 Å². The van der Waals surface area contributed by atoms with Crippen molar-refractivity contribution in [3.05, 3.63) is 53.1 Å². The lowest BCUT2D eigenvalue weighted by atomic mass is 10.2. The van der Waals surface area contributed by atoms with Gasteiger partial charge in [0.2, 0.25) is 0 Å². The van der Waals surface area contributed by atoms with Gasteiger partial charge >= 0.3 is 5.97 Å². The van der Waals surface area contributed by atoms with Gasteiger partial charge in [-0.3, -0.25) is 4.31 Å². The molecule has 1 saturated heterocycles. The van der Waals surface area contributed by atoms with Gasteiger partial charge in [-0.15, -0.1) is 0 Å². The van der Waals surface area contributed by atoms with E-state index in [1.54, 1.807) is 0 Å². The second-order valence-electron chi connectivity index (χ2n) is 6.55. The van der Waals surface area contributed by atoms with E-state index in [4.69, 9.17) is 17.3 Å². The van der Waals surface area contributed by atoms with Crippen LogP contribution in [0, 0.1) is 0 Å². The number of carbonyl (C=O) groups is 1. The lowest BCUT2D eigenvalue weighted by Gasteiger charge is -2.31. The Morgan fingerprint density at radius 1 is 1.14 bits per heavy atom. The van der Waals surface area contributed by atoms with Crippen molar-refractivity contribution in [2.24, 2.45) is 0 Å². The van der Waals surface area contributed by atoms with Crippen LogP contribution < -0.4 is 10.0 Å². The van der Waals surface area contributed by atoms with Crippen LogP contribution >= 0.6 is 11.6 Å². The van der Waals surface area contributed by atoms with Gasteiger partial charge in [0.25, 0.3) is 10.0 Å². The third-order valence-electron chi connectivity index (χ3n) is 4.46. The normalized spacial score (nSPS) is 21.0. The zero-order valence-electron chi connectivity index (χ0n) is 14.8. The minimum Gasteiger partial charge on any atom is -0.478 e. The summed E-state index contributed by atoms with van der Waals surface area (Å²) in [5.74, 6) is -2.56. The van der Waals surface area contributed by atoms with E-state index in [2.05, 4.69) is 0 Å². The summed E-state index contributed by atoms with van der Waals surface area (Å²) in [6.45, 7) is 0. The fourth-order valence-corrected chi connectivity index (χ4v) is 7.15. The van der Waals surface area contributed by atoms with Gasteiger partial charge in [0, 0.05) is 5.69 Å². The molecular formula is C17H17ClN2O7S2. The number of nitrogens with two attached hydrogens (primary N) is 1. The van der Waals surface area contributed by atoms with Crippen LogP contribution in [0.3, 0.4) is 0 Å². The van der Waals surface area contributed by atoms with Gasteiger partial charge in [-0.05, 0) is 42.5 Å². The van der Waals surface area contributed by atoms with Crippen LogP contribution in [0.4, 0.5) is 11.4 Å². The van der Waals surface area contributed by atoms with Crippen molar-refractivity contribution < 1.29 is 31.8 Å². The molecule has 0 aliphatic carbocycles. The highest BCUT2D eigenvalue weighted by Crippen LogP contribution is 2.34. The molecule has 0 bridgehead atoms. The molecule has 0 saturated carbocycles. The number of nitrogens with zero attached hydrogens (tertiary/aromatic N) is 1. The molecule has 2 aromatic carbocycles. The molecule has 1 aliphatic heterocycles. The van der Waals surface area contributed by atoms with E-state index in [1.807, 2.05) is 0 Å². The Bertz CT molecular complexity index is 1160. The molecule has 3 rings (SSSR count). The molecule has 1 fully saturated rings. The molecule has 12 heteroatoms. The highest BCUT2D eigenvalue weighted by Gasteiger charge is 2.45. The number of aliphatic hydroxyl groups excluding tert-OH is 1. The molecule has 4 N–H and O–H groups in total. The van der Waals surface area contributed by atoms with Crippen molar-refractivity contribution >= 4 is 48.8 Å². The van der Waals surface area contributed by atoms with Crippen LogP contribution in [-0.2, 0) is 19.9 Å². The second kappa shape index (κ2) is 7.48. The smallest absolute Gasteiger partial charge is 0.335 e. The molecule has 0 unspecified atom stereocenters. The average molecular weight is 461 g/mol. The number of carboxylic acid groups (broad SMARTS) is 1. The van der Waals surface area contributed by atoms with Crippen molar-refractivity contribution in [2.75, 3.05) is 21.5 Å². The van der Waals surface area contributed by atoms with Gasteiger partial charge in [-0.1, -0.05) is 11.6 Å². The van der Waals surface area contributed by atoms with Crippen LogP contribution in [0.1, 0.15) is 10.4 Å². The highest BCUT2D eigenvalue weighted by molar-refractivity contribution is 7.93. The number of nitrogen functional groups attached to an aromatic ring is 1. The topological polar surface area (TPSA) is 155 Å². The van der Waals surface area contributed by atoms with Gasteiger partial charge in [-0.2, -0.15) is 0 Å². The molecular weight excluding hydrogens is 444 g/mol. The Balaban J connectivity index is 2.22. The molecule has 29 heavy (non-hydrogen) atoms. The molecule has 0 radical (unpaired) electrons. The molecule has 1 heterocycles. The number of hydrogen-bond donors (Lipinski definition) is 3. The summed E-state index contributed by atoms with van der Waals surface area (Å²) >= 11 is 6.04. The number of rotatable bonds is 5. The maximum absolute atomic E-state index is 13.5. The largest absolute Gasteiger partial charge is 0.478 e. The number of aliphatic hydroxyl groups is 1. The number of halogens is 1. The second-order valence-corrected chi connectivity index (χ2v) is 10.9. The van der Waals surface area contributed by atoms with E-state index in [0.717, 1.165) is 22.5 Å². The van der Waals surface area contributed by atoms with Crippen molar-refractivity contribution in [2.45, 2.75) is 17.0 Å². The van der Waals surface area contributed by atoms with Gasteiger partial charge in [0.15, 0.2) is 9.84 Å². The zero-order chi connectivity index (χ0) is 21.6. The summed E-state index contributed by atoms with van der Waals surface area (Å²) in [5.41, 5.74) is 5.73. The summed E-state index contributed by atoms with van der Waals surface area (Å²) in [6, 6.07) is 7.40. The predicted molar refractivity (Wildman–Crippen MR) is 107 cm³/mol. The van der Waals surface area contributed by atoms with Crippen LogP contribution in [0.5, 0.6) is 0 Å². The lowest BCUT2D eigenvalue weighted by molar-refractivity contribution is 0.0696. The first-order valence-corrected chi connectivity index (χ1v) is 11.9. The van der Waals surface area contributed by atoms with E-state index < -0.39 is 54.4 Å². The number of carboxylic acids is 1. The quantitative estimate of drug-likeness (QED) is 0.557. The first-order chi connectivity index (χ1) is 13.4. The van der Waals surface area contributed by atoms with E-state index in [9.17, 15) is 31.8 Å². The minimum atomic E-state index is -4.55. The van der Waals surface area contributed by atoms with Gasteiger partial charge in [-0.25, -0.2) is 21.6 Å². The number of benzene rings is 2. The Hall–Kier alpha value is -2.34. The number of sulfonamides is 1. The SMILES string of the molecule is Nc1ccc(N([C@H]2CS(=O)(=O)C[C@@H]2O)S(=O)(=O)c2cc(C(=O)O)ccc2Cl)cc1. The molecule has 9 nitrogen and oxygen atoms in total. The molecule has 156 valence electrons. The van der Waals surface area contributed by atoms with Gasteiger partial charge in [0.1, 0.15) is 4.90 Å². The molecule has 0 aromatic heterocycles. The minimum absolute atomic E-state index is 0.0529. The van der Waals surface area contributed by atoms with Gasteiger partial charge in [0.05, 0.1) is 39.9 Å². The summed E-state index contributed by atoms with van der Waals surface area (Å²) in [7, 11) is -8.24. The molecule has 0 spiro atoms. The highest BCUT2D eigenvalue weighted by atomic mass is 35.5. The fraction of sp³-hybridized carbons (Fsp3) is 0.235. The summed E-state index contributed by atoms with van der Waals surface area (Å²) in [4.78, 5) is 10.8. The molecule has 2 atom stereocenters. The van der Waals surface area contributed by atoms with Gasteiger partial charge < -0.3 is 15.9 Å². The monoisotopic (exact) mass is 460 g/mol. The number of anilines is 2. The fourth-order valence-electron chi connectivity index (χ4n) is 3.10. The van der Waals surface area contributed by atoms with Crippen LogP contribution in [0.25, 0.3) is 0 Å². The third kappa shape index (κ3) is 4.17. The predicted octanol–water partition coefficient (Wildman–Crippen LogP) is 0.974. The van der Waals surface area contributed by atoms with E-state index in [1.165, 1.54) is 24.3 Å². The van der Waals surface area contributed by atoms with Crippen molar-refractivity contribution in [3.8, 4) is 0 Å². The van der Waals surface area contributed by atoms with E-state index in [-0.39, 0.29) is 16.3 Å². The maximum Gasteiger partial charge on any atom is 0.335 e. The number of aromatic carboxylic acids is 1. The Morgan fingerprint density at radius 3 is 2.28 bits per heavy atom. The summed E-state index contributed by atoms with van der Waals surface area (Å²) < 4.78 is 51.7. The van der Waals surface area contributed by atoms with Crippen molar-refractivity contribution in [1.82, 2.24) is 0 Å². The zero-order valence-corrected chi connectivity index (χ0v) is 17.2. The maximum atomic E-state index is 13.5.